The molecular formula is C16H20F2O3. The molecule has 2 rings (SSSR count). The Labute approximate surface area is 123 Å². The number of rotatable bonds is 8. The molecule has 3 nitrogen and oxygen atoms in total. The third-order valence-electron chi connectivity index (χ3n) is 3.53. The van der Waals surface area contributed by atoms with Gasteiger partial charge in [0.1, 0.15) is 11.9 Å². The van der Waals surface area contributed by atoms with Gasteiger partial charge in [-0.25, -0.2) is 8.78 Å². The summed E-state index contributed by atoms with van der Waals surface area (Å²) in [4.78, 5) is 11.1. The van der Waals surface area contributed by atoms with Crippen molar-refractivity contribution in [3.63, 3.8) is 0 Å². The molecule has 0 spiro atoms. The Morgan fingerprint density at radius 3 is 2.67 bits per heavy atom. The lowest BCUT2D eigenvalue weighted by Gasteiger charge is -2.20. The van der Waals surface area contributed by atoms with Gasteiger partial charge in [0.2, 0.25) is 0 Å². The molecule has 0 saturated carbocycles. The van der Waals surface area contributed by atoms with Gasteiger partial charge in [0, 0.05) is 6.42 Å². The molecule has 2 atom stereocenters. The third kappa shape index (κ3) is 4.58. The van der Waals surface area contributed by atoms with Crippen LogP contribution >= 0.6 is 0 Å². The van der Waals surface area contributed by atoms with E-state index < -0.39 is 11.6 Å². The zero-order chi connectivity index (χ0) is 15.4. The molecule has 0 amide bonds. The molecule has 5 heteroatoms. The van der Waals surface area contributed by atoms with Crippen molar-refractivity contribution in [3.8, 4) is 0 Å². The summed E-state index contributed by atoms with van der Waals surface area (Å²) in [6, 6.07) is 2.36. The van der Waals surface area contributed by atoms with Crippen molar-refractivity contribution in [2.75, 3.05) is 13.2 Å². The van der Waals surface area contributed by atoms with Gasteiger partial charge in [0.05, 0.1) is 19.3 Å². The van der Waals surface area contributed by atoms with Gasteiger partial charge in [-0.3, -0.25) is 0 Å². The van der Waals surface area contributed by atoms with Crippen LogP contribution in [0.2, 0.25) is 0 Å². The second-order valence-electron chi connectivity index (χ2n) is 5.35. The predicted molar refractivity (Wildman–Crippen MR) is 74.1 cm³/mol. The number of hydrogen-bond donors (Lipinski definition) is 0. The summed E-state index contributed by atoms with van der Waals surface area (Å²) in [5, 5.41) is 0. The average molecular weight is 298 g/mol. The average Bonchev–Trinajstić information content (AvgIpc) is 3.25. The monoisotopic (exact) mass is 298 g/mol. The van der Waals surface area contributed by atoms with Gasteiger partial charge in [-0.05, 0) is 43.0 Å². The number of halogens is 2. The van der Waals surface area contributed by atoms with E-state index in [1.807, 2.05) is 6.92 Å². The quantitative estimate of drug-likeness (QED) is 0.691. The molecule has 0 aromatic heterocycles. The zero-order valence-electron chi connectivity index (χ0n) is 12.3. The number of aryl methyl sites for hydroxylation is 1. The Morgan fingerprint density at radius 2 is 2.10 bits per heavy atom. The number of benzene rings is 1. The summed E-state index contributed by atoms with van der Waals surface area (Å²) in [5.41, 5.74) is 1.26. The summed E-state index contributed by atoms with van der Waals surface area (Å²) in [6.45, 7) is 4.54. The Balaban J connectivity index is 2.19. The van der Waals surface area contributed by atoms with E-state index in [-0.39, 0.29) is 18.0 Å². The van der Waals surface area contributed by atoms with Gasteiger partial charge < -0.3 is 14.3 Å². The van der Waals surface area contributed by atoms with E-state index in [1.165, 1.54) is 19.1 Å². The van der Waals surface area contributed by atoms with Crippen molar-refractivity contribution in [1.82, 2.24) is 0 Å². The van der Waals surface area contributed by atoms with E-state index in [9.17, 15) is 13.6 Å². The molecule has 0 radical (unpaired) electrons. The predicted octanol–water partition coefficient (Wildman–Crippen LogP) is 3.35. The third-order valence-corrected chi connectivity index (χ3v) is 3.53. The number of ether oxygens (including phenoxy) is 2. The van der Waals surface area contributed by atoms with Crippen LogP contribution in [0.3, 0.4) is 0 Å². The highest BCUT2D eigenvalue weighted by Gasteiger charge is 2.25. The lowest BCUT2D eigenvalue weighted by Crippen LogP contribution is -2.12. The summed E-state index contributed by atoms with van der Waals surface area (Å²) in [6.07, 6.45) is 1.14. The van der Waals surface area contributed by atoms with E-state index >= 15 is 0 Å². The van der Waals surface area contributed by atoms with Gasteiger partial charge >= 0.3 is 0 Å². The molecule has 1 fully saturated rings. The summed E-state index contributed by atoms with van der Waals surface area (Å²) in [5.74, 6) is -1.76. The molecule has 2 unspecified atom stereocenters. The summed E-state index contributed by atoms with van der Waals surface area (Å²) < 4.78 is 37.8. The fourth-order valence-corrected chi connectivity index (χ4v) is 2.25. The SMILES string of the molecule is CCC(OCC1CO1)c1cc(F)c(F)cc1CCC(C)=O. The molecule has 0 N–H and O–H groups in total. The van der Waals surface area contributed by atoms with Crippen LogP contribution in [0.5, 0.6) is 0 Å². The summed E-state index contributed by atoms with van der Waals surface area (Å²) in [7, 11) is 0. The Bertz CT molecular complexity index is 512. The fraction of sp³-hybridized carbons (Fsp3) is 0.562. The number of epoxide rings is 1. The largest absolute Gasteiger partial charge is 0.371 e. The van der Waals surface area contributed by atoms with Gasteiger partial charge in [0.25, 0.3) is 0 Å². The van der Waals surface area contributed by atoms with Gasteiger partial charge in [-0.2, -0.15) is 0 Å². The number of carbonyl (C=O) groups excluding carboxylic acids is 1. The maximum absolute atomic E-state index is 13.5. The molecule has 1 saturated heterocycles. The van der Waals surface area contributed by atoms with Crippen LogP contribution in [-0.2, 0) is 20.7 Å². The second kappa shape index (κ2) is 7.09. The van der Waals surface area contributed by atoms with Crippen molar-refractivity contribution in [1.29, 1.82) is 0 Å². The van der Waals surface area contributed by atoms with Crippen molar-refractivity contribution in [3.05, 3.63) is 34.9 Å². The van der Waals surface area contributed by atoms with Crippen LogP contribution < -0.4 is 0 Å². The zero-order valence-corrected chi connectivity index (χ0v) is 12.3. The van der Waals surface area contributed by atoms with Crippen molar-refractivity contribution < 1.29 is 23.0 Å². The molecule has 116 valence electrons. The van der Waals surface area contributed by atoms with Gasteiger partial charge in [-0.15, -0.1) is 0 Å². The molecule has 1 heterocycles. The maximum atomic E-state index is 13.5. The van der Waals surface area contributed by atoms with Crippen LogP contribution in [0.15, 0.2) is 12.1 Å². The lowest BCUT2D eigenvalue weighted by atomic mass is 9.96. The second-order valence-corrected chi connectivity index (χ2v) is 5.35. The maximum Gasteiger partial charge on any atom is 0.159 e. The van der Waals surface area contributed by atoms with E-state index in [4.69, 9.17) is 9.47 Å². The van der Waals surface area contributed by atoms with E-state index in [2.05, 4.69) is 0 Å². The van der Waals surface area contributed by atoms with Gasteiger partial charge in [-0.1, -0.05) is 6.92 Å². The Hall–Kier alpha value is -1.33. The van der Waals surface area contributed by atoms with Crippen LogP contribution in [0.25, 0.3) is 0 Å². The van der Waals surface area contributed by atoms with Crippen LogP contribution in [0.1, 0.15) is 43.9 Å². The van der Waals surface area contributed by atoms with E-state index in [1.54, 1.807) is 0 Å². The first-order valence-corrected chi connectivity index (χ1v) is 7.21. The fourth-order valence-electron chi connectivity index (χ4n) is 2.25. The van der Waals surface area contributed by atoms with Crippen molar-refractivity contribution in [2.24, 2.45) is 0 Å². The molecule has 1 aromatic rings. The minimum Gasteiger partial charge on any atom is -0.371 e. The minimum absolute atomic E-state index is 0.0195. The first-order chi connectivity index (χ1) is 10.0. The van der Waals surface area contributed by atoms with Crippen molar-refractivity contribution in [2.45, 2.75) is 45.3 Å². The molecular weight excluding hydrogens is 278 g/mol. The smallest absolute Gasteiger partial charge is 0.159 e. The number of Topliss-reactive ketones (excluding diaryl/α,β-unsaturated/α-hetero) is 1. The summed E-state index contributed by atoms with van der Waals surface area (Å²) >= 11 is 0. The number of hydrogen-bond acceptors (Lipinski definition) is 3. The highest BCUT2D eigenvalue weighted by Crippen LogP contribution is 2.29. The highest BCUT2D eigenvalue weighted by atomic mass is 19.2. The van der Waals surface area contributed by atoms with Crippen LogP contribution in [-0.4, -0.2) is 25.1 Å². The lowest BCUT2D eigenvalue weighted by molar-refractivity contribution is -0.116. The molecule has 1 aromatic carbocycles. The Kier molecular flexibility index (Phi) is 5.42. The van der Waals surface area contributed by atoms with Gasteiger partial charge in [0.15, 0.2) is 11.6 Å². The molecule has 21 heavy (non-hydrogen) atoms. The topological polar surface area (TPSA) is 38.8 Å². The molecule has 0 bridgehead atoms. The van der Waals surface area contributed by atoms with Crippen molar-refractivity contribution >= 4 is 5.78 Å². The van der Waals surface area contributed by atoms with Crippen LogP contribution in [0.4, 0.5) is 8.78 Å². The number of carbonyl (C=O) groups is 1. The highest BCUT2D eigenvalue weighted by molar-refractivity contribution is 5.75. The van der Waals surface area contributed by atoms with E-state index in [0.717, 1.165) is 0 Å². The minimum atomic E-state index is -0.891. The number of ketones is 1. The molecule has 1 aliphatic heterocycles. The first kappa shape index (κ1) is 16.0. The molecule has 0 aliphatic carbocycles. The molecule has 1 aliphatic rings. The first-order valence-electron chi connectivity index (χ1n) is 7.21. The van der Waals surface area contributed by atoms with E-state index in [0.29, 0.717) is 43.6 Å². The standard InChI is InChI=1S/C16H20F2O3/c1-3-16(21-9-12-8-20-12)13-7-15(18)14(17)6-11(13)5-4-10(2)19/h6-7,12,16H,3-5,8-9H2,1-2H3. The Morgan fingerprint density at radius 1 is 1.43 bits per heavy atom. The normalized spacial score (nSPS) is 18.6. The van der Waals surface area contributed by atoms with Crippen LogP contribution in [0, 0.1) is 11.6 Å².